The van der Waals surface area contributed by atoms with Crippen LogP contribution in [0.5, 0.6) is 0 Å². The van der Waals surface area contributed by atoms with Gasteiger partial charge >= 0.3 is 0 Å². The molecule has 0 bridgehead atoms. The van der Waals surface area contributed by atoms with Crippen molar-refractivity contribution in [2.75, 3.05) is 19.6 Å². The third kappa shape index (κ3) is 3.54. The van der Waals surface area contributed by atoms with E-state index in [1.165, 1.54) is 0 Å². The summed E-state index contributed by atoms with van der Waals surface area (Å²) in [4.78, 5) is 2.21. The van der Waals surface area contributed by atoms with Gasteiger partial charge in [-0.15, -0.1) is 0 Å². The first-order valence-corrected chi connectivity index (χ1v) is 7.14. The van der Waals surface area contributed by atoms with E-state index in [0.29, 0.717) is 13.0 Å². The Kier molecular flexibility index (Phi) is 4.43. The largest absolute Gasteiger partial charge is 0.389 e. The molecular formula is C14H20BrNO2. The smallest absolute Gasteiger partial charge is 0.0813 e. The third-order valence-electron chi connectivity index (χ3n) is 3.51. The van der Waals surface area contributed by atoms with Gasteiger partial charge in [0.15, 0.2) is 0 Å². The fourth-order valence-electron chi connectivity index (χ4n) is 2.44. The summed E-state index contributed by atoms with van der Waals surface area (Å²) in [7, 11) is 0. The molecule has 1 aromatic rings. The minimum Gasteiger partial charge on any atom is -0.389 e. The number of β-amino-alcohol motifs (C(OH)–C–C–N with tert-alkyl or cyclic N) is 1. The molecule has 3 nitrogen and oxygen atoms in total. The van der Waals surface area contributed by atoms with Crippen LogP contribution in [0.1, 0.15) is 31.4 Å². The lowest BCUT2D eigenvalue weighted by atomic mass is 10.1. The van der Waals surface area contributed by atoms with Crippen LogP contribution in [0.3, 0.4) is 0 Å². The number of nitrogens with zero attached hydrogens (tertiary/aromatic N) is 1. The highest BCUT2D eigenvalue weighted by molar-refractivity contribution is 9.10. The van der Waals surface area contributed by atoms with Gasteiger partial charge in [0.2, 0.25) is 0 Å². The summed E-state index contributed by atoms with van der Waals surface area (Å²) in [5.74, 6) is 0. The van der Waals surface area contributed by atoms with Crippen molar-refractivity contribution in [1.29, 1.82) is 0 Å². The lowest BCUT2D eigenvalue weighted by Crippen LogP contribution is -2.30. The Morgan fingerprint density at radius 1 is 1.44 bits per heavy atom. The maximum Gasteiger partial charge on any atom is 0.0813 e. The second-order valence-electron chi connectivity index (χ2n) is 5.35. The van der Waals surface area contributed by atoms with Crippen molar-refractivity contribution in [2.24, 2.45) is 0 Å². The summed E-state index contributed by atoms with van der Waals surface area (Å²) < 4.78 is 0.950. The molecule has 0 aliphatic carbocycles. The zero-order valence-electron chi connectivity index (χ0n) is 10.6. The topological polar surface area (TPSA) is 43.7 Å². The van der Waals surface area contributed by atoms with Gasteiger partial charge in [-0.3, -0.25) is 0 Å². The monoisotopic (exact) mass is 313 g/mol. The molecule has 2 rings (SSSR count). The van der Waals surface area contributed by atoms with E-state index in [4.69, 9.17) is 0 Å². The van der Waals surface area contributed by atoms with E-state index in [2.05, 4.69) is 20.8 Å². The number of benzene rings is 1. The highest BCUT2D eigenvalue weighted by atomic mass is 79.9. The van der Waals surface area contributed by atoms with Crippen molar-refractivity contribution in [3.8, 4) is 0 Å². The standard InChI is InChI=1S/C14H20BrNO2/c1-14(18)7-9-16(10-14)8-6-13(17)11-4-2-3-5-12(11)15/h2-5,13,17-18H,6-10H2,1H3. The summed E-state index contributed by atoms with van der Waals surface area (Å²) in [6.45, 7) is 4.31. The van der Waals surface area contributed by atoms with Gasteiger partial charge in [-0.25, -0.2) is 0 Å². The minimum atomic E-state index is -0.557. The third-order valence-corrected chi connectivity index (χ3v) is 4.24. The van der Waals surface area contributed by atoms with Crippen LogP contribution in [0.2, 0.25) is 0 Å². The molecule has 4 heteroatoms. The van der Waals surface area contributed by atoms with Crippen LogP contribution in [-0.4, -0.2) is 40.3 Å². The average Bonchev–Trinajstić information content (AvgIpc) is 2.66. The van der Waals surface area contributed by atoms with Crippen LogP contribution in [0, 0.1) is 0 Å². The van der Waals surface area contributed by atoms with E-state index in [-0.39, 0.29) is 0 Å². The molecule has 2 N–H and O–H groups in total. The van der Waals surface area contributed by atoms with Crippen molar-refractivity contribution in [1.82, 2.24) is 4.90 Å². The van der Waals surface area contributed by atoms with Crippen molar-refractivity contribution >= 4 is 15.9 Å². The predicted octanol–water partition coefficient (Wildman–Crippen LogP) is 2.33. The molecule has 1 aliphatic rings. The maximum absolute atomic E-state index is 10.2. The fourth-order valence-corrected chi connectivity index (χ4v) is 2.98. The molecule has 2 unspecified atom stereocenters. The summed E-state index contributed by atoms with van der Waals surface area (Å²) in [6.07, 6.45) is 1.06. The van der Waals surface area contributed by atoms with Crippen LogP contribution in [0.4, 0.5) is 0 Å². The number of aliphatic hydroxyl groups is 2. The van der Waals surface area contributed by atoms with Crippen LogP contribution in [0.25, 0.3) is 0 Å². The van der Waals surface area contributed by atoms with Crippen LogP contribution in [-0.2, 0) is 0 Å². The molecule has 0 spiro atoms. The van der Waals surface area contributed by atoms with E-state index < -0.39 is 11.7 Å². The van der Waals surface area contributed by atoms with Crippen LogP contribution >= 0.6 is 15.9 Å². The molecule has 0 radical (unpaired) electrons. The first-order valence-electron chi connectivity index (χ1n) is 6.35. The Bertz CT molecular complexity index is 409. The molecule has 2 atom stereocenters. The summed E-state index contributed by atoms with van der Waals surface area (Å²) >= 11 is 3.45. The fraction of sp³-hybridized carbons (Fsp3) is 0.571. The van der Waals surface area contributed by atoms with E-state index in [9.17, 15) is 10.2 Å². The lowest BCUT2D eigenvalue weighted by molar-refractivity contribution is 0.0655. The zero-order valence-corrected chi connectivity index (χ0v) is 12.2. The first kappa shape index (κ1) is 14.0. The van der Waals surface area contributed by atoms with E-state index >= 15 is 0 Å². The normalized spacial score (nSPS) is 26.4. The van der Waals surface area contributed by atoms with Crippen molar-refractivity contribution in [2.45, 2.75) is 31.5 Å². The minimum absolute atomic E-state index is 0.453. The molecule has 1 heterocycles. The van der Waals surface area contributed by atoms with Gasteiger partial charge in [0.05, 0.1) is 11.7 Å². The van der Waals surface area contributed by atoms with Gasteiger partial charge in [-0.05, 0) is 31.4 Å². The van der Waals surface area contributed by atoms with Gasteiger partial charge in [-0.2, -0.15) is 0 Å². The van der Waals surface area contributed by atoms with E-state index in [1.54, 1.807) is 0 Å². The Balaban J connectivity index is 1.86. The number of halogens is 1. The average molecular weight is 314 g/mol. The Hall–Kier alpha value is -0.420. The van der Waals surface area contributed by atoms with Crippen molar-refractivity contribution < 1.29 is 10.2 Å². The lowest BCUT2D eigenvalue weighted by Gasteiger charge is -2.20. The number of hydrogen-bond donors (Lipinski definition) is 2. The molecule has 1 saturated heterocycles. The first-order chi connectivity index (χ1) is 8.48. The highest BCUT2D eigenvalue weighted by Gasteiger charge is 2.31. The molecule has 1 aromatic carbocycles. The number of likely N-dealkylation sites (tertiary alicyclic amines) is 1. The molecule has 1 aliphatic heterocycles. The molecule has 0 saturated carbocycles. The summed E-state index contributed by atoms with van der Waals surface area (Å²) in [5.41, 5.74) is 0.376. The Morgan fingerprint density at radius 3 is 2.78 bits per heavy atom. The molecule has 0 aromatic heterocycles. The molecule has 18 heavy (non-hydrogen) atoms. The summed E-state index contributed by atoms with van der Waals surface area (Å²) in [5, 5.41) is 20.1. The molecule has 0 amide bonds. The predicted molar refractivity (Wildman–Crippen MR) is 75.4 cm³/mol. The SMILES string of the molecule is CC1(O)CCN(CCC(O)c2ccccc2Br)C1. The van der Waals surface area contributed by atoms with E-state index in [0.717, 1.165) is 29.5 Å². The van der Waals surface area contributed by atoms with Crippen molar-refractivity contribution in [3.05, 3.63) is 34.3 Å². The van der Waals surface area contributed by atoms with Crippen LogP contribution in [0.15, 0.2) is 28.7 Å². The zero-order chi connectivity index (χ0) is 13.2. The van der Waals surface area contributed by atoms with Gasteiger partial charge in [0, 0.05) is 24.1 Å². The molecular weight excluding hydrogens is 294 g/mol. The van der Waals surface area contributed by atoms with Gasteiger partial charge in [0.25, 0.3) is 0 Å². The van der Waals surface area contributed by atoms with Crippen LogP contribution < -0.4 is 0 Å². The number of aliphatic hydroxyl groups excluding tert-OH is 1. The van der Waals surface area contributed by atoms with E-state index in [1.807, 2.05) is 31.2 Å². The van der Waals surface area contributed by atoms with Gasteiger partial charge < -0.3 is 15.1 Å². The number of hydrogen-bond acceptors (Lipinski definition) is 3. The molecule has 100 valence electrons. The second-order valence-corrected chi connectivity index (χ2v) is 6.20. The molecule has 1 fully saturated rings. The maximum atomic E-state index is 10.2. The van der Waals surface area contributed by atoms with Gasteiger partial charge in [-0.1, -0.05) is 34.1 Å². The van der Waals surface area contributed by atoms with Crippen molar-refractivity contribution in [3.63, 3.8) is 0 Å². The quantitative estimate of drug-likeness (QED) is 0.896. The highest BCUT2D eigenvalue weighted by Crippen LogP contribution is 2.27. The van der Waals surface area contributed by atoms with Gasteiger partial charge in [0.1, 0.15) is 0 Å². The Morgan fingerprint density at radius 2 is 2.17 bits per heavy atom. The Labute approximate surface area is 117 Å². The number of rotatable bonds is 4. The second kappa shape index (κ2) is 5.70. The summed E-state index contributed by atoms with van der Waals surface area (Å²) in [6, 6.07) is 7.76.